The molecule has 3 rings (SSSR count). The molecule has 0 spiro atoms. The van der Waals surface area contributed by atoms with Gasteiger partial charge in [-0.25, -0.2) is 0 Å². The molecule has 0 saturated carbocycles. The number of hydrogen-bond donors (Lipinski definition) is 3. The lowest BCUT2D eigenvalue weighted by Crippen LogP contribution is -3.20. The van der Waals surface area contributed by atoms with Gasteiger partial charge in [-0.1, -0.05) is 36.8 Å². The van der Waals surface area contributed by atoms with Crippen molar-refractivity contribution in [3.63, 3.8) is 0 Å². The highest BCUT2D eigenvalue weighted by atomic mass is 32.1. The van der Waals surface area contributed by atoms with Gasteiger partial charge < -0.3 is 15.5 Å². The predicted molar refractivity (Wildman–Crippen MR) is 104 cm³/mol. The van der Waals surface area contributed by atoms with E-state index in [-0.39, 0.29) is 0 Å². The highest BCUT2D eigenvalue weighted by Crippen LogP contribution is 2.23. The first kappa shape index (κ1) is 17.7. The van der Waals surface area contributed by atoms with E-state index >= 15 is 0 Å². The van der Waals surface area contributed by atoms with Crippen molar-refractivity contribution in [1.29, 1.82) is 0 Å². The van der Waals surface area contributed by atoms with Crippen LogP contribution in [0.25, 0.3) is 0 Å². The lowest BCUT2D eigenvalue weighted by Gasteiger charge is -2.46. The Morgan fingerprint density at radius 2 is 1.83 bits per heavy atom. The molecule has 1 aromatic carbocycles. The average Bonchev–Trinajstić information content (AvgIpc) is 2.55. The normalized spacial score (nSPS) is 29.1. The van der Waals surface area contributed by atoms with Gasteiger partial charge >= 0.3 is 0 Å². The Bertz CT molecular complexity index is 528. The zero-order valence-electron chi connectivity index (χ0n) is 15.1. The Labute approximate surface area is 152 Å². The second kappa shape index (κ2) is 8.30. The number of piperidine rings is 2. The molecule has 2 bridgehead atoms. The predicted octanol–water partition coefficient (Wildman–Crippen LogP) is 2.34. The molecule has 4 heteroatoms. The van der Waals surface area contributed by atoms with E-state index in [1.807, 2.05) is 4.90 Å². The molecule has 0 amide bonds. The largest absolute Gasteiger partial charge is 0.363 e. The second-order valence-electron chi connectivity index (χ2n) is 7.63. The molecule has 132 valence electrons. The van der Waals surface area contributed by atoms with Crippen LogP contribution in [0.4, 0.5) is 0 Å². The number of quaternary nitrogens is 1. The van der Waals surface area contributed by atoms with E-state index < -0.39 is 0 Å². The fourth-order valence-electron chi connectivity index (χ4n) is 4.46. The van der Waals surface area contributed by atoms with Crippen molar-refractivity contribution in [2.75, 3.05) is 6.54 Å². The van der Waals surface area contributed by atoms with Crippen LogP contribution in [0, 0.1) is 6.92 Å². The SMILES string of the molecule is CCCNC(=S)NC1C[C@H]2CCC[C@@H](C1)[NH+]2Cc1ccc(C)cc1. The molecule has 2 saturated heterocycles. The number of rotatable bonds is 5. The number of nitrogens with one attached hydrogen (secondary N) is 3. The monoisotopic (exact) mass is 346 g/mol. The zero-order valence-corrected chi connectivity index (χ0v) is 15.9. The molecule has 1 aromatic rings. The summed E-state index contributed by atoms with van der Waals surface area (Å²) in [6, 6.07) is 11.2. The van der Waals surface area contributed by atoms with Crippen LogP contribution in [0.3, 0.4) is 0 Å². The topological polar surface area (TPSA) is 28.5 Å². The molecule has 2 fully saturated rings. The molecule has 0 aromatic heterocycles. The van der Waals surface area contributed by atoms with Gasteiger partial charge in [-0.2, -0.15) is 0 Å². The lowest BCUT2D eigenvalue weighted by molar-refractivity contribution is -0.973. The number of hydrogen-bond acceptors (Lipinski definition) is 1. The Hall–Kier alpha value is -1.13. The fraction of sp³-hybridized carbons (Fsp3) is 0.650. The van der Waals surface area contributed by atoms with Gasteiger partial charge in [-0.05, 0) is 44.8 Å². The molecule has 2 aliphatic rings. The molecular weight excluding hydrogens is 314 g/mol. The molecule has 3 nitrogen and oxygen atoms in total. The highest BCUT2D eigenvalue weighted by Gasteiger charge is 2.41. The molecule has 2 unspecified atom stereocenters. The van der Waals surface area contributed by atoms with Crippen molar-refractivity contribution in [3.05, 3.63) is 35.4 Å². The van der Waals surface area contributed by atoms with Crippen LogP contribution in [-0.2, 0) is 6.54 Å². The van der Waals surface area contributed by atoms with Gasteiger partial charge in [0.1, 0.15) is 6.54 Å². The second-order valence-corrected chi connectivity index (χ2v) is 8.04. The van der Waals surface area contributed by atoms with Crippen LogP contribution in [0.5, 0.6) is 0 Å². The van der Waals surface area contributed by atoms with Crippen molar-refractivity contribution < 1.29 is 4.90 Å². The number of aryl methyl sites for hydroxylation is 1. The van der Waals surface area contributed by atoms with E-state index in [9.17, 15) is 0 Å². The third-order valence-electron chi connectivity index (χ3n) is 5.69. The molecule has 0 aliphatic carbocycles. The summed E-state index contributed by atoms with van der Waals surface area (Å²) in [6.45, 7) is 6.49. The van der Waals surface area contributed by atoms with E-state index in [2.05, 4.69) is 48.7 Å². The Kier molecular flexibility index (Phi) is 6.12. The van der Waals surface area contributed by atoms with E-state index in [0.717, 1.165) is 30.2 Å². The first-order valence-electron chi connectivity index (χ1n) is 9.61. The van der Waals surface area contributed by atoms with Crippen molar-refractivity contribution in [2.45, 2.75) is 77.0 Å². The fourth-order valence-corrected chi connectivity index (χ4v) is 4.73. The summed E-state index contributed by atoms with van der Waals surface area (Å²) in [7, 11) is 0. The van der Waals surface area contributed by atoms with Crippen LogP contribution in [0.2, 0.25) is 0 Å². The minimum atomic E-state index is 0.555. The number of thiocarbonyl (C=S) groups is 1. The maximum Gasteiger partial charge on any atom is 0.166 e. The molecule has 2 aliphatic heterocycles. The van der Waals surface area contributed by atoms with Crippen LogP contribution < -0.4 is 15.5 Å². The number of benzene rings is 1. The summed E-state index contributed by atoms with van der Waals surface area (Å²) in [5, 5.41) is 7.75. The van der Waals surface area contributed by atoms with Gasteiger partial charge in [0.05, 0.1) is 12.1 Å². The van der Waals surface area contributed by atoms with Crippen LogP contribution in [0.15, 0.2) is 24.3 Å². The maximum absolute atomic E-state index is 5.45. The third kappa shape index (κ3) is 4.48. The van der Waals surface area contributed by atoms with E-state index in [1.54, 1.807) is 0 Å². The molecule has 3 N–H and O–H groups in total. The molecule has 2 heterocycles. The van der Waals surface area contributed by atoms with E-state index in [1.165, 1.54) is 49.8 Å². The van der Waals surface area contributed by atoms with Crippen LogP contribution in [0.1, 0.15) is 56.6 Å². The average molecular weight is 347 g/mol. The number of fused-ring (bicyclic) bond motifs is 2. The first-order valence-corrected chi connectivity index (χ1v) is 10.0. The molecule has 0 radical (unpaired) electrons. The van der Waals surface area contributed by atoms with Crippen LogP contribution in [-0.4, -0.2) is 29.8 Å². The summed E-state index contributed by atoms with van der Waals surface area (Å²) < 4.78 is 0. The summed E-state index contributed by atoms with van der Waals surface area (Å²) >= 11 is 5.45. The Morgan fingerprint density at radius 1 is 1.17 bits per heavy atom. The van der Waals surface area contributed by atoms with Crippen LogP contribution >= 0.6 is 12.2 Å². The third-order valence-corrected chi connectivity index (χ3v) is 5.95. The highest BCUT2D eigenvalue weighted by molar-refractivity contribution is 7.80. The van der Waals surface area contributed by atoms with E-state index in [0.29, 0.717) is 6.04 Å². The quantitative estimate of drug-likeness (QED) is 0.715. The smallest absolute Gasteiger partial charge is 0.166 e. The van der Waals surface area contributed by atoms with Gasteiger partial charge in [0.25, 0.3) is 0 Å². The zero-order chi connectivity index (χ0) is 16.9. The van der Waals surface area contributed by atoms with Gasteiger partial charge in [0, 0.05) is 31.0 Å². The van der Waals surface area contributed by atoms with Gasteiger partial charge in [-0.15, -0.1) is 0 Å². The van der Waals surface area contributed by atoms with Gasteiger partial charge in [0.2, 0.25) is 0 Å². The summed E-state index contributed by atoms with van der Waals surface area (Å²) in [4.78, 5) is 1.82. The molecule has 4 atom stereocenters. The van der Waals surface area contributed by atoms with Crippen molar-refractivity contribution >= 4 is 17.3 Å². The van der Waals surface area contributed by atoms with Crippen molar-refractivity contribution in [1.82, 2.24) is 10.6 Å². The molecular formula is C20H32N3S+. The first-order chi connectivity index (χ1) is 11.7. The maximum atomic E-state index is 5.45. The van der Waals surface area contributed by atoms with E-state index in [4.69, 9.17) is 12.2 Å². The van der Waals surface area contributed by atoms with Gasteiger partial charge in [0.15, 0.2) is 5.11 Å². The lowest BCUT2D eigenvalue weighted by atomic mass is 9.81. The minimum Gasteiger partial charge on any atom is -0.363 e. The Morgan fingerprint density at radius 3 is 2.46 bits per heavy atom. The minimum absolute atomic E-state index is 0.555. The Balaban J connectivity index is 1.59. The summed E-state index contributed by atoms with van der Waals surface area (Å²) in [5.74, 6) is 0. The summed E-state index contributed by atoms with van der Waals surface area (Å²) in [5.41, 5.74) is 2.84. The summed E-state index contributed by atoms with van der Waals surface area (Å²) in [6.07, 6.45) is 7.76. The van der Waals surface area contributed by atoms with Crippen molar-refractivity contribution in [2.24, 2.45) is 0 Å². The standard InChI is InChI=1S/C20H31N3S/c1-3-11-21-20(24)22-17-12-18-5-4-6-19(13-17)23(18)14-16-9-7-15(2)8-10-16/h7-10,17-19H,3-6,11-14H2,1-2H3,(H2,21,22,24)/p+1/t17?,18-,19+. The van der Waals surface area contributed by atoms with Gasteiger partial charge in [-0.3, -0.25) is 0 Å². The van der Waals surface area contributed by atoms with Crippen molar-refractivity contribution in [3.8, 4) is 0 Å². The molecule has 24 heavy (non-hydrogen) atoms.